The standard InChI is InChI=1S/C53H47NO2/c1-51(2,3)33-29-40-38-21-16-23-45(49(38)56-48(40)43(30-33)52(4,5)6)54(34-25-26-37-36-19-12-14-22-41(36)53(7,8)42(37)31-34)44-28-27-35(32-17-10-9-11-18-32)50-47(44)39-20-13-15-24-46(39)55-50/h9-31H,1-8H3. The zero-order valence-corrected chi connectivity index (χ0v) is 33.5. The normalized spacial score (nSPS) is 13.9. The zero-order chi connectivity index (χ0) is 38.7. The van der Waals surface area contributed by atoms with Gasteiger partial charge in [-0.05, 0) is 86.7 Å². The molecule has 0 amide bonds. The van der Waals surface area contributed by atoms with Crippen molar-refractivity contribution in [3.8, 4) is 22.3 Å². The Kier molecular flexibility index (Phi) is 7.36. The number of nitrogens with zero attached hydrogens (tertiary/aromatic N) is 1. The molecule has 276 valence electrons. The molecule has 3 heteroatoms. The van der Waals surface area contributed by atoms with Crippen LogP contribution in [-0.4, -0.2) is 0 Å². The van der Waals surface area contributed by atoms with E-state index in [2.05, 4.69) is 200 Å². The highest BCUT2D eigenvalue weighted by molar-refractivity contribution is 6.19. The van der Waals surface area contributed by atoms with Crippen LogP contribution in [0.2, 0.25) is 0 Å². The lowest BCUT2D eigenvalue weighted by atomic mass is 9.79. The fourth-order valence-electron chi connectivity index (χ4n) is 9.13. The highest BCUT2D eigenvalue weighted by Crippen LogP contribution is 2.53. The van der Waals surface area contributed by atoms with Gasteiger partial charge in [0, 0.05) is 38.4 Å². The van der Waals surface area contributed by atoms with Crippen molar-refractivity contribution in [3.63, 3.8) is 0 Å². The maximum Gasteiger partial charge on any atom is 0.159 e. The van der Waals surface area contributed by atoms with Gasteiger partial charge in [0.15, 0.2) is 5.58 Å². The van der Waals surface area contributed by atoms with Gasteiger partial charge in [-0.3, -0.25) is 0 Å². The van der Waals surface area contributed by atoms with Crippen molar-refractivity contribution >= 4 is 60.9 Å². The van der Waals surface area contributed by atoms with Crippen LogP contribution in [0, 0.1) is 0 Å². The second-order valence-electron chi connectivity index (χ2n) is 18.2. The largest absolute Gasteiger partial charge is 0.455 e. The molecule has 1 aliphatic rings. The van der Waals surface area contributed by atoms with Crippen LogP contribution >= 0.6 is 0 Å². The second-order valence-corrected chi connectivity index (χ2v) is 18.2. The van der Waals surface area contributed by atoms with E-state index >= 15 is 0 Å². The summed E-state index contributed by atoms with van der Waals surface area (Å²) in [5, 5.41) is 4.42. The number of para-hydroxylation sites is 2. The first-order chi connectivity index (χ1) is 26.8. The van der Waals surface area contributed by atoms with Crippen LogP contribution in [0.1, 0.15) is 77.6 Å². The van der Waals surface area contributed by atoms with Crippen LogP contribution in [-0.2, 0) is 16.2 Å². The van der Waals surface area contributed by atoms with Crippen molar-refractivity contribution < 1.29 is 8.83 Å². The molecule has 56 heavy (non-hydrogen) atoms. The lowest BCUT2D eigenvalue weighted by Crippen LogP contribution is -2.16. The molecule has 1 aliphatic carbocycles. The number of furan rings is 2. The van der Waals surface area contributed by atoms with E-state index < -0.39 is 0 Å². The highest BCUT2D eigenvalue weighted by Gasteiger charge is 2.36. The Labute approximate surface area is 329 Å². The van der Waals surface area contributed by atoms with E-state index in [1.54, 1.807) is 0 Å². The van der Waals surface area contributed by atoms with E-state index in [1.807, 2.05) is 0 Å². The molecule has 0 saturated carbocycles. The van der Waals surface area contributed by atoms with Crippen molar-refractivity contribution in [2.75, 3.05) is 4.90 Å². The van der Waals surface area contributed by atoms with E-state index in [4.69, 9.17) is 8.83 Å². The second kappa shape index (κ2) is 12.0. The molecule has 0 bridgehead atoms. The van der Waals surface area contributed by atoms with Gasteiger partial charge in [0.05, 0.1) is 16.8 Å². The average Bonchev–Trinajstić information content (AvgIpc) is 3.83. The molecule has 0 spiro atoms. The van der Waals surface area contributed by atoms with Crippen molar-refractivity contribution in [2.45, 2.75) is 71.6 Å². The monoisotopic (exact) mass is 729 g/mol. The SMILES string of the molecule is CC(C)(C)c1cc(C(C)(C)C)c2oc3c(N(c4ccc5c(c4)C(C)(C)c4ccccc4-5)c4ccc(-c5ccccc5)c5oc6ccccc6c45)cccc3c2c1. The molecule has 3 nitrogen and oxygen atoms in total. The van der Waals surface area contributed by atoms with Crippen LogP contribution in [0.3, 0.4) is 0 Å². The zero-order valence-electron chi connectivity index (χ0n) is 33.5. The summed E-state index contributed by atoms with van der Waals surface area (Å²) < 4.78 is 14.1. The van der Waals surface area contributed by atoms with Crippen LogP contribution in [0.25, 0.3) is 66.1 Å². The minimum atomic E-state index is -0.168. The minimum Gasteiger partial charge on any atom is -0.455 e. The molecule has 0 aliphatic heterocycles. The molecule has 0 saturated heterocycles. The number of hydrogen-bond donors (Lipinski definition) is 0. The number of fused-ring (bicyclic) bond motifs is 9. The first-order valence-corrected chi connectivity index (χ1v) is 19.9. The van der Waals surface area contributed by atoms with Gasteiger partial charge in [-0.15, -0.1) is 0 Å². The Morgan fingerprint density at radius 1 is 0.482 bits per heavy atom. The Bertz CT molecular complexity index is 3020. The van der Waals surface area contributed by atoms with Gasteiger partial charge in [-0.25, -0.2) is 0 Å². The van der Waals surface area contributed by atoms with Crippen molar-refractivity contribution in [3.05, 3.63) is 162 Å². The van der Waals surface area contributed by atoms with Gasteiger partial charge in [0.1, 0.15) is 16.7 Å². The van der Waals surface area contributed by atoms with Crippen LogP contribution < -0.4 is 4.90 Å². The van der Waals surface area contributed by atoms with Gasteiger partial charge < -0.3 is 13.7 Å². The quantitative estimate of drug-likeness (QED) is 0.181. The number of benzene rings is 7. The molecule has 9 aromatic rings. The molecular weight excluding hydrogens is 683 g/mol. The third-order valence-corrected chi connectivity index (χ3v) is 12.1. The summed E-state index contributed by atoms with van der Waals surface area (Å²) in [5.74, 6) is 0. The molecule has 0 radical (unpaired) electrons. The molecule has 2 aromatic heterocycles. The maximum absolute atomic E-state index is 7.23. The first-order valence-electron chi connectivity index (χ1n) is 19.9. The maximum atomic E-state index is 7.23. The molecule has 0 atom stereocenters. The molecule has 0 fully saturated rings. The van der Waals surface area contributed by atoms with E-state index in [0.717, 1.165) is 72.1 Å². The van der Waals surface area contributed by atoms with Gasteiger partial charge >= 0.3 is 0 Å². The predicted molar refractivity (Wildman–Crippen MR) is 236 cm³/mol. The van der Waals surface area contributed by atoms with Gasteiger partial charge in [0.25, 0.3) is 0 Å². The fourth-order valence-corrected chi connectivity index (χ4v) is 9.13. The van der Waals surface area contributed by atoms with Crippen LogP contribution in [0.4, 0.5) is 17.1 Å². The van der Waals surface area contributed by atoms with Gasteiger partial charge in [-0.2, -0.15) is 0 Å². The summed E-state index contributed by atoms with van der Waals surface area (Å²) in [4.78, 5) is 2.42. The summed E-state index contributed by atoms with van der Waals surface area (Å²) in [6.45, 7) is 18.4. The smallest absolute Gasteiger partial charge is 0.159 e. The molecular formula is C53H47NO2. The van der Waals surface area contributed by atoms with E-state index in [9.17, 15) is 0 Å². The van der Waals surface area contributed by atoms with E-state index in [-0.39, 0.29) is 16.2 Å². The van der Waals surface area contributed by atoms with Crippen molar-refractivity contribution in [2.24, 2.45) is 0 Å². The third kappa shape index (κ3) is 5.10. The first kappa shape index (κ1) is 34.4. The number of rotatable bonds is 4. The highest BCUT2D eigenvalue weighted by atomic mass is 16.3. The summed E-state index contributed by atoms with van der Waals surface area (Å²) in [7, 11) is 0. The fraction of sp³-hybridized carbons (Fsp3) is 0.208. The predicted octanol–water partition coefficient (Wildman–Crippen LogP) is 15.5. The summed E-state index contributed by atoms with van der Waals surface area (Å²) in [6.07, 6.45) is 0. The molecule has 0 N–H and O–H groups in total. The summed E-state index contributed by atoms with van der Waals surface area (Å²) in [5.41, 5.74) is 16.3. The summed E-state index contributed by atoms with van der Waals surface area (Å²) in [6, 6.07) is 50.7. The molecule has 2 heterocycles. The molecule has 10 rings (SSSR count). The van der Waals surface area contributed by atoms with Crippen molar-refractivity contribution in [1.82, 2.24) is 0 Å². The van der Waals surface area contributed by atoms with Gasteiger partial charge in [-0.1, -0.05) is 152 Å². The molecule has 7 aromatic carbocycles. The molecule has 0 unspecified atom stereocenters. The Hall–Kier alpha value is -6.06. The lowest BCUT2D eigenvalue weighted by Gasteiger charge is -2.29. The van der Waals surface area contributed by atoms with Crippen LogP contribution in [0.5, 0.6) is 0 Å². The third-order valence-electron chi connectivity index (χ3n) is 12.1. The van der Waals surface area contributed by atoms with E-state index in [0.29, 0.717) is 0 Å². The van der Waals surface area contributed by atoms with Gasteiger partial charge in [0.2, 0.25) is 0 Å². The number of hydrogen-bond acceptors (Lipinski definition) is 3. The average molecular weight is 730 g/mol. The lowest BCUT2D eigenvalue weighted by molar-refractivity contribution is 0.559. The Balaban J connectivity index is 1.32. The minimum absolute atomic E-state index is 0.0231. The van der Waals surface area contributed by atoms with E-state index in [1.165, 1.54) is 33.4 Å². The van der Waals surface area contributed by atoms with Crippen molar-refractivity contribution in [1.29, 1.82) is 0 Å². The number of anilines is 3. The summed E-state index contributed by atoms with van der Waals surface area (Å²) >= 11 is 0. The Morgan fingerprint density at radius 2 is 1.18 bits per heavy atom. The topological polar surface area (TPSA) is 29.5 Å². The Morgan fingerprint density at radius 3 is 1.96 bits per heavy atom. The van der Waals surface area contributed by atoms with Crippen LogP contribution in [0.15, 0.2) is 148 Å².